The smallest absolute Gasteiger partial charge is 0.273 e. The first kappa shape index (κ1) is 28.4. The Labute approximate surface area is 248 Å². The first-order chi connectivity index (χ1) is 20.6. The maximum Gasteiger partial charge on any atom is 0.273 e. The van der Waals surface area contributed by atoms with E-state index in [2.05, 4.69) is 4.98 Å². The van der Waals surface area contributed by atoms with Crippen molar-refractivity contribution in [2.45, 2.75) is 52.6 Å². The van der Waals surface area contributed by atoms with Gasteiger partial charge in [0.1, 0.15) is 41.6 Å². The first-order valence-corrected chi connectivity index (χ1v) is 14.2. The molecule has 0 unspecified atom stereocenters. The fraction of sp³-hybridized carbons (Fsp3) is 0.303. The Kier molecular flexibility index (Phi) is 7.37. The number of ether oxygens (including phenoxy) is 3. The minimum Gasteiger partial charge on any atom is -0.489 e. The summed E-state index contributed by atoms with van der Waals surface area (Å²) < 4.78 is 48.0. The number of aromatic nitrogens is 3. The molecule has 222 valence electrons. The van der Waals surface area contributed by atoms with Gasteiger partial charge in [-0.3, -0.25) is 14.5 Å². The highest BCUT2D eigenvalue weighted by Crippen LogP contribution is 2.38. The number of hydrogen-bond acceptors (Lipinski definition) is 6. The van der Waals surface area contributed by atoms with E-state index in [1.54, 1.807) is 40.4 Å². The third-order valence-electron chi connectivity index (χ3n) is 7.50. The molecule has 1 amide bonds. The molecule has 0 N–H and O–H groups in total. The van der Waals surface area contributed by atoms with Crippen LogP contribution in [-0.4, -0.2) is 44.4 Å². The van der Waals surface area contributed by atoms with Crippen molar-refractivity contribution in [3.63, 3.8) is 0 Å². The van der Waals surface area contributed by atoms with E-state index in [1.807, 2.05) is 52.0 Å². The summed E-state index contributed by atoms with van der Waals surface area (Å²) in [6.45, 7) is 8.38. The van der Waals surface area contributed by atoms with Gasteiger partial charge in [-0.05, 0) is 53.4 Å². The van der Waals surface area contributed by atoms with E-state index in [0.717, 1.165) is 11.1 Å². The molecule has 0 radical (unpaired) electrons. The predicted octanol–water partition coefficient (Wildman–Crippen LogP) is 6.67. The summed E-state index contributed by atoms with van der Waals surface area (Å²) in [7, 11) is 0. The number of carbonyl (C=O) groups is 1. The number of fused-ring (bicyclic) bond motifs is 1. The normalized spacial score (nSPS) is 15.7. The van der Waals surface area contributed by atoms with Crippen LogP contribution in [0.1, 0.15) is 55.2 Å². The molecule has 0 atom stereocenters. The number of nitrogens with zero attached hydrogens (tertiary/aromatic N) is 4. The van der Waals surface area contributed by atoms with Crippen molar-refractivity contribution >= 4 is 5.91 Å². The van der Waals surface area contributed by atoms with E-state index in [4.69, 9.17) is 19.3 Å². The number of hydrogen-bond donors (Lipinski definition) is 0. The molecule has 2 aliphatic heterocycles. The van der Waals surface area contributed by atoms with E-state index in [0.29, 0.717) is 47.1 Å². The molecule has 43 heavy (non-hydrogen) atoms. The number of rotatable bonds is 8. The van der Waals surface area contributed by atoms with Crippen LogP contribution < -0.4 is 4.74 Å². The van der Waals surface area contributed by atoms with Crippen LogP contribution in [0.15, 0.2) is 72.9 Å². The minimum atomic E-state index is -0.767. The van der Waals surface area contributed by atoms with Crippen LogP contribution in [0.3, 0.4) is 0 Å². The van der Waals surface area contributed by atoms with Crippen LogP contribution >= 0.6 is 0 Å². The number of amides is 1. The van der Waals surface area contributed by atoms with Gasteiger partial charge >= 0.3 is 0 Å². The van der Waals surface area contributed by atoms with Gasteiger partial charge in [0.05, 0.1) is 13.1 Å². The molecule has 4 aromatic rings. The quantitative estimate of drug-likeness (QED) is 0.229. The molecular formula is C33H32F2N4O4. The second kappa shape index (κ2) is 11.2. The zero-order valence-corrected chi connectivity index (χ0v) is 24.4. The summed E-state index contributed by atoms with van der Waals surface area (Å²) in [5.74, 6) is -0.972. The Morgan fingerprint density at radius 3 is 2.42 bits per heavy atom. The van der Waals surface area contributed by atoms with E-state index in [-0.39, 0.29) is 30.5 Å². The van der Waals surface area contributed by atoms with E-state index in [9.17, 15) is 13.6 Å². The standard InChI is InChI=1S/C33H32F2N4O4/c1-20(2)26-16-27(34)23(15-28(26)35)18-41-24-7-5-21(6-8-24)29-30(22-9-11-36-12-10-22)37-39-14-13-38(32(40)31(29)39)17-25-19-42-33(3,4)43-25/h5-12,15-16,19-20H,13-14,17-18H2,1-4H3. The van der Waals surface area contributed by atoms with Gasteiger partial charge in [-0.15, -0.1) is 0 Å². The van der Waals surface area contributed by atoms with Gasteiger partial charge in [-0.2, -0.15) is 5.10 Å². The molecule has 0 saturated carbocycles. The van der Waals surface area contributed by atoms with Gasteiger partial charge in [0, 0.05) is 49.5 Å². The summed E-state index contributed by atoms with van der Waals surface area (Å²) in [5.41, 5.74) is 3.86. The molecule has 0 saturated heterocycles. The topological polar surface area (TPSA) is 78.7 Å². The van der Waals surface area contributed by atoms with E-state index < -0.39 is 17.4 Å². The molecular weight excluding hydrogens is 554 g/mol. The second-order valence-corrected chi connectivity index (χ2v) is 11.4. The first-order valence-electron chi connectivity index (χ1n) is 14.2. The fourth-order valence-corrected chi connectivity index (χ4v) is 5.31. The number of pyridine rings is 1. The lowest BCUT2D eigenvalue weighted by Gasteiger charge is -2.28. The van der Waals surface area contributed by atoms with Gasteiger partial charge in [0.15, 0.2) is 5.76 Å². The lowest BCUT2D eigenvalue weighted by atomic mass is 9.98. The molecule has 0 aliphatic carbocycles. The minimum absolute atomic E-state index is 0.127. The maximum atomic E-state index is 14.6. The second-order valence-electron chi connectivity index (χ2n) is 11.4. The van der Waals surface area contributed by atoms with Crippen LogP contribution in [0.25, 0.3) is 22.4 Å². The Morgan fingerprint density at radius 1 is 1.00 bits per heavy atom. The third-order valence-corrected chi connectivity index (χ3v) is 7.50. The van der Waals surface area contributed by atoms with Crippen LogP contribution in [-0.2, 0) is 22.6 Å². The van der Waals surface area contributed by atoms with Crippen molar-refractivity contribution in [2.75, 3.05) is 13.1 Å². The summed E-state index contributed by atoms with van der Waals surface area (Å²) in [5, 5.41) is 4.84. The Hall–Kier alpha value is -4.73. The van der Waals surface area contributed by atoms with Crippen molar-refractivity contribution in [1.29, 1.82) is 0 Å². The predicted molar refractivity (Wildman–Crippen MR) is 156 cm³/mol. The average molecular weight is 587 g/mol. The van der Waals surface area contributed by atoms with Crippen molar-refractivity contribution < 1.29 is 27.8 Å². The largest absolute Gasteiger partial charge is 0.489 e. The molecule has 2 aromatic heterocycles. The van der Waals surface area contributed by atoms with Crippen LogP contribution in [0, 0.1) is 11.6 Å². The molecule has 0 spiro atoms. The molecule has 2 aliphatic rings. The van der Waals surface area contributed by atoms with Gasteiger partial charge in [0.2, 0.25) is 5.79 Å². The van der Waals surface area contributed by atoms with Crippen LogP contribution in [0.5, 0.6) is 5.75 Å². The molecule has 0 bridgehead atoms. The van der Waals surface area contributed by atoms with E-state index >= 15 is 0 Å². The molecule has 4 heterocycles. The lowest BCUT2D eigenvalue weighted by molar-refractivity contribution is -0.118. The van der Waals surface area contributed by atoms with Gasteiger partial charge in [-0.1, -0.05) is 26.0 Å². The molecule has 10 heteroatoms. The van der Waals surface area contributed by atoms with Crippen LogP contribution in [0.2, 0.25) is 0 Å². The zero-order chi connectivity index (χ0) is 30.3. The van der Waals surface area contributed by atoms with Crippen LogP contribution in [0.4, 0.5) is 8.78 Å². The van der Waals surface area contributed by atoms with Gasteiger partial charge in [-0.25, -0.2) is 8.78 Å². The Morgan fingerprint density at radius 2 is 1.74 bits per heavy atom. The molecule has 6 rings (SSSR count). The van der Waals surface area contributed by atoms with Gasteiger partial charge < -0.3 is 19.1 Å². The Bertz CT molecular complexity index is 1700. The number of carbonyl (C=O) groups excluding carboxylic acids is 1. The zero-order valence-electron chi connectivity index (χ0n) is 24.4. The van der Waals surface area contributed by atoms with Crippen molar-refractivity contribution in [1.82, 2.24) is 19.7 Å². The summed E-state index contributed by atoms with van der Waals surface area (Å²) in [4.78, 5) is 19.7. The van der Waals surface area contributed by atoms with Crippen molar-refractivity contribution in [2.24, 2.45) is 0 Å². The molecule has 0 fully saturated rings. The average Bonchev–Trinajstić information content (AvgIpc) is 3.55. The van der Waals surface area contributed by atoms with Gasteiger partial charge in [0.25, 0.3) is 5.91 Å². The van der Waals surface area contributed by atoms with Crippen molar-refractivity contribution in [3.05, 3.63) is 101 Å². The number of benzene rings is 2. The fourth-order valence-electron chi connectivity index (χ4n) is 5.31. The summed E-state index contributed by atoms with van der Waals surface area (Å²) in [6.07, 6.45) is 4.92. The molecule has 8 nitrogen and oxygen atoms in total. The summed E-state index contributed by atoms with van der Waals surface area (Å²) >= 11 is 0. The monoisotopic (exact) mass is 586 g/mol. The molecule has 2 aromatic carbocycles. The lowest BCUT2D eigenvalue weighted by Crippen LogP contribution is -2.42. The number of halogens is 2. The maximum absolute atomic E-state index is 14.6. The summed E-state index contributed by atoms with van der Waals surface area (Å²) in [6, 6.07) is 13.3. The Balaban J connectivity index is 1.29. The van der Waals surface area contributed by atoms with E-state index in [1.165, 1.54) is 12.1 Å². The highest BCUT2D eigenvalue weighted by Gasteiger charge is 2.35. The highest BCUT2D eigenvalue weighted by molar-refractivity contribution is 6.03. The SMILES string of the molecule is CC(C)c1cc(F)c(COc2ccc(-c3c(-c4ccncc4)nn4c3C(=O)N(CC3=COC(C)(C)O3)CC4)cc2)cc1F. The third kappa shape index (κ3) is 5.69. The highest BCUT2D eigenvalue weighted by atomic mass is 19.1. The van der Waals surface area contributed by atoms with Crippen molar-refractivity contribution in [3.8, 4) is 28.1 Å².